The van der Waals surface area contributed by atoms with E-state index in [0.29, 0.717) is 38.2 Å². The van der Waals surface area contributed by atoms with E-state index in [9.17, 15) is 9.59 Å². The van der Waals surface area contributed by atoms with Crippen molar-refractivity contribution in [1.82, 2.24) is 5.43 Å². The van der Waals surface area contributed by atoms with Crippen molar-refractivity contribution in [3.05, 3.63) is 116 Å². The quantitative estimate of drug-likeness (QED) is 0.0833. The molecule has 1 fully saturated rings. The minimum atomic E-state index is -0.658. The lowest BCUT2D eigenvalue weighted by Gasteiger charge is -2.18. The third kappa shape index (κ3) is 6.16. The second kappa shape index (κ2) is 13.0. The van der Waals surface area contributed by atoms with Crippen molar-refractivity contribution in [2.45, 2.75) is 11.8 Å². The van der Waals surface area contributed by atoms with Gasteiger partial charge in [0, 0.05) is 15.5 Å². The van der Waals surface area contributed by atoms with Gasteiger partial charge in [0.25, 0.3) is 0 Å². The molecule has 5 rings (SSSR count). The van der Waals surface area contributed by atoms with Gasteiger partial charge in [-0.15, -0.1) is 0 Å². The highest BCUT2D eigenvalue weighted by molar-refractivity contribution is 9.11. The summed E-state index contributed by atoms with van der Waals surface area (Å²) in [7, 11) is 4.41. The Hall–Kier alpha value is -4.15. The van der Waals surface area contributed by atoms with Crippen LogP contribution in [0.1, 0.15) is 33.5 Å². The number of hydrogen-bond donors (Lipinski definition) is 1. The number of rotatable bonds is 10. The lowest BCUT2D eigenvalue weighted by Crippen LogP contribution is -2.25. The van der Waals surface area contributed by atoms with Gasteiger partial charge in [-0.1, -0.05) is 76.6 Å². The second-order valence-corrected chi connectivity index (χ2v) is 11.6. The molecule has 1 atom stereocenters. The van der Waals surface area contributed by atoms with E-state index in [1.165, 1.54) is 39.7 Å². The van der Waals surface area contributed by atoms with E-state index in [1.807, 2.05) is 36.4 Å². The van der Waals surface area contributed by atoms with Crippen LogP contribution in [0.15, 0.2) is 99.0 Å². The zero-order valence-corrected chi connectivity index (χ0v) is 26.8. The molecule has 1 aliphatic rings. The van der Waals surface area contributed by atoms with E-state index < -0.39 is 11.4 Å². The summed E-state index contributed by atoms with van der Waals surface area (Å²) < 4.78 is 23.1. The molecule has 0 unspecified atom stereocenters. The number of nitrogens with one attached hydrogen (secondary N) is 1. The van der Waals surface area contributed by atoms with E-state index in [0.717, 1.165) is 11.1 Å². The van der Waals surface area contributed by atoms with Crippen molar-refractivity contribution in [2.24, 2.45) is 11.0 Å². The molecule has 1 saturated carbocycles. The molecule has 0 heterocycles. The van der Waals surface area contributed by atoms with Crippen molar-refractivity contribution in [3.63, 3.8) is 0 Å². The summed E-state index contributed by atoms with van der Waals surface area (Å²) in [5, 5.41) is 4.24. The highest BCUT2D eigenvalue weighted by atomic mass is 79.9. The third-order valence-electron chi connectivity index (χ3n) is 7.37. The number of benzene rings is 4. The maximum absolute atomic E-state index is 13.3. The van der Waals surface area contributed by atoms with Crippen LogP contribution in [0, 0.1) is 5.92 Å². The fraction of sp³-hybridized carbons (Fsp3) is 0.182. The van der Waals surface area contributed by atoms with Crippen molar-refractivity contribution in [1.29, 1.82) is 0 Å². The number of carbonyl (C=O) groups excluding carboxylic acids is 2. The average molecular weight is 708 g/mol. The Balaban J connectivity index is 1.37. The first-order valence-corrected chi connectivity index (χ1v) is 14.9. The Morgan fingerprint density at radius 1 is 0.837 bits per heavy atom. The Kier molecular flexibility index (Phi) is 9.17. The predicted octanol–water partition coefficient (Wildman–Crippen LogP) is 6.91. The van der Waals surface area contributed by atoms with E-state index in [1.54, 1.807) is 12.1 Å². The number of carbonyl (C=O) groups is 2. The first-order valence-electron chi connectivity index (χ1n) is 13.3. The number of hydrogen-bond acceptors (Lipinski definition) is 7. The summed E-state index contributed by atoms with van der Waals surface area (Å²) >= 11 is 6.94. The molecule has 1 amide bonds. The van der Waals surface area contributed by atoms with Gasteiger partial charge in [0.1, 0.15) is 0 Å². The van der Waals surface area contributed by atoms with Gasteiger partial charge >= 0.3 is 5.97 Å². The maximum atomic E-state index is 13.3. The topological polar surface area (TPSA) is 95.5 Å². The van der Waals surface area contributed by atoms with Crippen LogP contribution in [-0.4, -0.2) is 39.4 Å². The van der Waals surface area contributed by atoms with Crippen LogP contribution < -0.4 is 24.4 Å². The number of amides is 1. The van der Waals surface area contributed by atoms with Crippen LogP contribution in [0.2, 0.25) is 0 Å². The molecule has 1 aliphatic carbocycles. The normalized spacial score (nSPS) is 15.0. The highest BCUT2D eigenvalue weighted by Crippen LogP contribution is 2.58. The molecule has 4 aromatic carbocycles. The summed E-state index contributed by atoms with van der Waals surface area (Å²) in [5.74, 6) is 0.0542. The molecule has 0 aliphatic heterocycles. The van der Waals surface area contributed by atoms with Gasteiger partial charge in [-0.05, 0) is 57.7 Å². The van der Waals surface area contributed by atoms with Gasteiger partial charge in [-0.3, -0.25) is 4.79 Å². The van der Waals surface area contributed by atoms with Crippen molar-refractivity contribution in [2.75, 3.05) is 21.3 Å². The van der Waals surface area contributed by atoms with E-state index in [4.69, 9.17) is 18.9 Å². The maximum Gasteiger partial charge on any atom is 0.343 e. The van der Waals surface area contributed by atoms with Crippen LogP contribution in [0.3, 0.4) is 0 Å². The summed E-state index contributed by atoms with van der Waals surface area (Å²) in [6.45, 7) is 0. The molecule has 0 spiro atoms. The van der Waals surface area contributed by atoms with Crippen LogP contribution in [0.4, 0.5) is 0 Å². The second-order valence-electron chi connectivity index (χ2n) is 9.80. The Morgan fingerprint density at radius 2 is 1.42 bits per heavy atom. The summed E-state index contributed by atoms with van der Waals surface area (Å²) in [6, 6.07) is 26.6. The third-order valence-corrected chi connectivity index (χ3v) is 8.41. The van der Waals surface area contributed by atoms with Crippen molar-refractivity contribution >= 4 is 50.0 Å². The van der Waals surface area contributed by atoms with Gasteiger partial charge in [0.2, 0.25) is 11.7 Å². The Morgan fingerprint density at radius 3 is 1.95 bits per heavy atom. The lowest BCUT2D eigenvalue weighted by atomic mass is 9.85. The van der Waals surface area contributed by atoms with Crippen LogP contribution >= 0.6 is 31.9 Å². The van der Waals surface area contributed by atoms with Crippen LogP contribution in [0.5, 0.6) is 23.0 Å². The van der Waals surface area contributed by atoms with E-state index in [2.05, 4.69) is 66.7 Å². The number of nitrogens with zero attached hydrogens (tertiary/aromatic N) is 1. The number of halogens is 2. The molecule has 1 N–H and O–H groups in total. The standard InChI is InChI=1S/C33H28Br2N2O6/c1-40-27-15-20(16-28(41-2)30(27)42-3)32(39)43-29-21(14-24(34)17-26(29)35)19-36-37-31(38)25-18-33(25,22-10-6-4-7-11-22)23-12-8-5-9-13-23/h4-17,19,25H,18H2,1-3H3,(H,37,38)/b36-19-/t25-/m1/s1. The molecule has 0 aromatic heterocycles. The summed E-state index contributed by atoms with van der Waals surface area (Å²) in [6.07, 6.45) is 2.11. The van der Waals surface area contributed by atoms with Gasteiger partial charge in [0.15, 0.2) is 17.2 Å². The van der Waals surface area contributed by atoms with Gasteiger partial charge in [-0.25, -0.2) is 10.2 Å². The summed E-state index contributed by atoms with van der Waals surface area (Å²) in [5.41, 5.74) is 5.09. The first-order chi connectivity index (χ1) is 20.8. The Bertz CT molecular complexity index is 1610. The number of ether oxygens (including phenoxy) is 4. The molecule has 43 heavy (non-hydrogen) atoms. The minimum Gasteiger partial charge on any atom is -0.493 e. The molecule has 4 aromatic rings. The highest BCUT2D eigenvalue weighted by Gasteiger charge is 2.60. The molecular weight excluding hydrogens is 680 g/mol. The average Bonchev–Trinajstić information content (AvgIpc) is 3.80. The van der Waals surface area contributed by atoms with Gasteiger partial charge < -0.3 is 18.9 Å². The SMILES string of the molecule is COc1cc(C(=O)Oc2c(Br)cc(Br)cc2/C=N\NC(=O)[C@H]2CC2(c2ccccc2)c2ccccc2)cc(OC)c1OC. The van der Waals surface area contributed by atoms with Gasteiger partial charge in [-0.2, -0.15) is 5.10 Å². The lowest BCUT2D eigenvalue weighted by molar-refractivity contribution is -0.122. The smallest absolute Gasteiger partial charge is 0.343 e. The molecule has 0 bridgehead atoms. The first kappa shape index (κ1) is 30.3. The van der Waals surface area contributed by atoms with Crippen LogP contribution in [-0.2, 0) is 10.2 Å². The minimum absolute atomic E-state index is 0.187. The number of methoxy groups -OCH3 is 3. The number of esters is 1. The summed E-state index contributed by atoms with van der Waals surface area (Å²) in [4.78, 5) is 26.6. The van der Waals surface area contributed by atoms with Crippen LogP contribution in [0.25, 0.3) is 0 Å². The fourth-order valence-corrected chi connectivity index (χ4v) is 6.57. The largest absolute Gasteiger partial charge is 0.493 e. The Labute approximate surface area is 266 Å². The molecular formula is C33H28Br2N2O6. The molecule has 220 valence electrons. The monoisotopic (exact) mass is 706 g/mol. The van der Waals surface area contributed by atoms with E-state index >= 15 is 0 Å². The zero-order valence-electron chi connectivity index (χ0n) is 23.6. The fourth-order valence-electron chi connectivity index (χ4n) is 5.23. The molecule has 10 heteroatoms. The molecule has 0 saturated heterocycles. The van der Waals surface area contributed by atoms with Gasteiger partial charge in [0.05, 0.1) is 43.5 Å². The van der Waals surface area contributed by atoms with Crippen molar-refractivity contribution < 1.29 is 28.5 Å². The zero-order chi connectivity index (χ0) is 30.6. The predicted molar refractivity (Wildman–Crippen MR) is 170 cm³/mol. The van der Waals surface area contributed by atoms with E-state index in [-0.39, 0.29) is 23.1 Å². The molecule has 0 radical (unpaired) electrons. The van der Waals surface area contributed by atoms with Crippen molar-refractivity contribution in [3.8, 4) is 23.0 Å². The molecule has 8 nitrogen and oxygen atoms in total. The number of hydrazone groups is 1.